The van der Waals surface area contributed by atoms with Gasteiger partial charge in [0.25, 0.3) is 5.56 Å². The molecule has 2 aromatic heterocycles. The van der Waals surface area contributed by atoms with Gasteiger partial charge in [-0.05, 0) is 42.8 Å². The van der Waals surface area contributed by atoms with E-state index in [1.807, 2.05) is 52.9 Å². The third kappa shape index (κ3) is 4.44. The quantitative estimate of drug-likeness (QED) is 0.211. The largest absolute Gasteiger partial charge is 0.494 e. The van der Waals surface area contributed by atoms with E-state index in [4.69, 9.17) is 9.47 Å². The van der Waals surface area contributed by atoms with Crippen LogP contribution < -0.4 is 15.0 Å². The summed E-state index contributed by atoms with van der Waals surface area (Å²) in [6.45, 7) is 7.42. The summed E-state index contributed by atoms with van der Waals surface area (Å²) in [7, 11) is 0. The number of thioether (sulfide) groups is 1. The minimum absolute atomic E-state index is 0.0957. The zero-order valence-electron chi connectivity index (χ0n) is 17.4. The van der Waals surface area contributed by atoms with Crippen molar-refractivity contribution < 1.29 is 9.47 Å². The summed E-state index contributed by atoms with van der Waals surface area (Å²) >= 11 is 1.54. The Morgan fingerprint density at radius 1 is 1.03 bits per heavy atom. The van der Waals surface area contributed by atoms with Crippen LogP contribution in [-0.2, 0) is 6.54 Å². The van der Waals surface area contributed by atoms with Crippen molar-refractivity contribution in [3.8, 4) is 11.5 Å². The summed E-state index contributed by atoms with van der Waals surface area (Å²) in [5.41, 5.74) is 0.695. The lowest BCUT2D eigenvalue weighted by atomic mass is 10.2. The monoisotopic (exact) mass is 436 g/mol. The number of nitrogens with zero attached hydrogens (tertiary/aromatic N) is 4. The van der Waals surface area contributed by atoms with Crippen LogP contribution in [0, 0.1) is 0 Å². The second-order valence-corrected chi connectivity index (χ2v) is 7.92. The molecule has 7 nitrogen and oxygen atoms in total. The van der Waals surface area contributed by atoms with Crippen LogP contribution in [0.1, 0.15) is 13.3 Å². The first kappa shape index (κ1) is 21.0. The van der Waals surface area contributed by atoms with Gasteiger partial charge in [-0.1, -0.05) is 36.9 Å². The molecule has 0 aliphatic rings. The number of hydrogen-bond acceptors (Lipinski definition) is 6. The molecule has 0 saturated heterocycles. The molecule has 0 fully saturated rings. The molecule has 0 spiro atoms. The van der Waals surface area contributed by atoms with Gasteiger partial charge in [-0.15, -0.1) is 16.8 Å². The minimum Gasteiger partial charge on any atom is -0.494 e. The van der Waals surface area contributed by atoms with Crippen LogP contribution in [0.3, 0.4) is 0 Å². The molecule has 2 aromatic carbocycles. The molecule has 8 heteroatoms. The Labute approximate surface area is 184 Å². The Kier molecular flexibility index (Phi) is 6.57. The van der Waals surface area contributed by atoms with Crippen LogP contribution in [0.5, 0.6) is 11.5 Å². The van der Waals surface area contributed by atoms with Crippen molar-refractivity contribution in [2.75, 3.05) is 19.0 Å². The van der Waals surface area contributed by atoms with Crippen LogP contribution >= 0.6 is 11.8 Å². The predicted molar refractivity (Wildman–Crippen MR) is 123 cm³/mol. The maximum Gasteiger partial charge on any atom is 0.263 e. The maximum absolute atomic E-state index is 12.8. The first-order chi connectivity index (χ1) is 15.2. The molecule has 0 radical (unpaired) electrons. The lowest BCUT2D eigenvalue weighted by Gasteiger charge is -2.10. The molecule has 0 bridgehead atoms. The van der Waals surface area contributed by atoms with Crippen LogP contribution in [0.2, 0.25) is 0 Å². The maximum atomic E-state index is 12.8. The summed E-state index contributed by atoms with van der Waals surface area (Å²) in [6.07, 6.45) is 2.66. The van der Waals surface area contributed by atoms with Gasteiger partial charge in [0.15, 0.2) is 5.16 Å². The smallest absolute Gasteiger partial charge is 0.263 e. The van der Waals surface area contributed by atoms with Crippen molar-refractivity contribution in [3.63, 3.8) is 0 Å². The van der Waals surface area contributed by atoms with E-state index in [0.29, 0.717) is 36.7 Å². The van der Waals surface area contributed by atoms with E-state index < -0.39 is 0 Å². The van der Waals surface area contributed by atoms with Crippen molar-refractivity contribution in [2.24, 2.45) is 0 Å². The van der Waals surface area contributed by atoms with Crippen LogP contribution in [-0.4, -0.2) is 38.1 Å². The molecule has 160 valence electrons. The zero-order chi connectivity index (χ0) is 21.6. The molecule has 0 aliphatic heterocycles. The summed E-state index contributed by atoms with van der Waals surface area (Å²) in [5.74, 6) is 2.83. The highest BCUT2D eigenvalue weighted by molar-refractivity contribution is 7.99. The Morgan fingerprint density at radius 2 is 1.74 bits per heavy atom. The molecule has 31 heavy (non-hydrogen) atoms. The van der Waals surface area contributed by atoms with E-state index >= 15 is 0 Å². The number of para-hydroxylation sites is 1. The Balaban J connectivity index is 1.49. The van der Waals surface area contributed by atoms with E-state index in [1.54, 1.807) is 10.6 Å². The third-order valence-corrected chi connectivity index (χ3v) is 5.56. The topological polar surface area (TPSA) is 70.7 Å². The van der Waals surface area contributed by atoms with Crippen molar-refractivity contribution in [1.29, 1.82) is 0 Å². The molecule has 0 saturated carbocycles. The molecular weight excluding hydrogens is 412 g/mol. The van der Waals surface area contributed by atoms with Gasteiger partial charge in [-0.3, -0.25) is 13.8 Å². The molecule has 4 aromatic rings. The van der Waals surface area contributed by atoms with Crippen LogP contribution in [0.15, 0.2) is 71.1 Å². The first-order valence-electron chi connectivity index (χ1n) is 10.2. The van der Waals surface area contributed by atoms with Crippen molar-refractivity contribution >= 4 is 28.4 Å². The van der Waals surface area contributed by atoms with Gasteiger partial charge in [0.1, 0.15) is 11.5 Å². The number of fused-ring (bicyclic) bond motifs is 3. The van der Waals surface area contributed by atoms with E-state index in [9.17, 15) is 4.79 Å². The van der Waals surface area contributed by atoms with Crippen LogP contribution in [0.4, 0.5) is 0 Å². The number of ether oxygens (including phenoxy) is 2. The van der Waals surface area contributed by atoms with Crippen LogP contribution in [0.25, 0.3) is 16.7 Å². The predicted octanol–water partition coefficient (Wildman–Crippen LogP) is 4.19. The highest BCUT2D eigenvalue weighted by Crippen LogP contribution is 2.22. The van der Waals surface area contributed by atoms with Gasteiger partial charge >= 0.3 is 0 Å². The zero-order valence-corrected chi connectivity index (χ0v) is 18.2. The second-order valence-electron chi connectivity index (χ2n) is 6.86. The summed E-state index contributed by atoms with van der Waals surface area (Å²) < 4.78 is 14.9. The molecule has 0 unspecified atom stereocenters. The second kappa shape index (κ2) is 9.70. The average Bonchev–Trinajstić information content (AvgIpc) is 3.23. The van der Waals surface area contributed by atoms with Gasteiger partial charge in [0.05, 0.1) is 24.1 Å². The normalized spacial score (nSPS) is 11.1. The summed E-state index contributed by atoms with van der Waals surface area (Å²) in [5, 5.41) is 9.94. The third-order valence-electron chi connectivity index (χ3n) is 4.67. The van der Waals surface area contributed by atoms with Crippen molar-refractivity contribution in [2.45, 2.75) is 25.0 Å². The fourth-order valence-corrected chi connectivity index (χ4v) is 4.02. The lowest BCUT2D eigenvalue weighted by Crippen LogP contribution is -2.22. The van der Waals surface area contributed by atoms with Gasteiger partial charge < -0.3 is 9.47 Å². The van der Waals surface area contributed by atoms with Crippen molar-refractivity contribution in [1.82, 2.24) is 19.2 Å². The highest BCUT2D eigenvalue weighted by Gasteiger charge is 2.16. The van der Waals surface area contributed by atoms with Gasteiger partial charge in [0.2, 0.25) is 5.78 Å². The molecule has 4 rings (SSSR count). The Bertz CT molecular complexity index is 1250. The average molecular weight is 437 g/mol. The molecule has 0 amide bonds. The molecule has 0 atom stereocenters. The summed E-state index contributed by atoms with van der Waals surface area (Å²) in [6, 6.07) is 15.1. The fourth-order valence-electron chi connectivity index (χ4n) is 3.27. The highest BCUT2D eigenvalue weighted by atomic mass is 32.2. The van der Waals surface area contributed by atoms with Crippen molar-refractivity contribution in [3.05, 3.63) is 71.5 Å². The van der Waals surface area contributed by atoms with E-state index in [0.717, 1.165) is 28.6 Å². The minimum atomic E-state index is -0.0957. The van der Waals surface area contributed by atoms with Gasteiger partial charge in [0, 0.05) is 12.3 Å². The number of rotatable bonds is 10. The number of allylic oxidation sites excluding steroid dienone is 1. The molecule has 0 N–H and O–H groups in total. The molecule has 2 heterocycles. The molecular formula is C23H24N4O3S. The Hall–Kier alpha value is -3.26. The van der Waals surface area contributed by atoms with E-state index in [1.165, 1.54) is 11.8 Å². The standard InChI is InChI=1S/C23H24N4O3S/c1-3-13-26-21(28)19-7-5-6-8-20(19)27-22(26)24-25-23(27)31-16-15-30-18-11-9-17(10-12-18)29-14-4-2/h3,5-12H,1,4,13-16H2,2H3. The number of hydrogen-bond donors (Lipinski definition) is 0. The Morgan fingerprint density at radius 3 is 2.45 bits per heavy atom. The number of aromatic nitrogens is 4. The fraction of sp³-hybridized carbons (Fsp3) is 0.261. The van der Waals surface area contributed by atoms with E-state index in [2.05, 4.69) is 23.7 Å². The lowest BCUT2D eigenvalue weighted by molar-refractivity contribution is 0.314. The molecule has 0 aliphatic carbocycles. The first-order valence-corrected chi connectivity index (χ1v) is 11.2. The van der Waals surface area contributed by atoms with Gasteiger partial charge in [-0.25, -0.2) is 0 Å². The van der Waals surface area contributed by atoms with Gasteiger partial charge in [-0.2, -0.15) is 0 Å². The van der Waals surface area contributed by atoms with E-state index in [-0.39, 0.29) is 5.56 Å². The summed E-state index contributed by atoms with van der Waals surface area (Å²) in [4.78, 5) is 12.8. The number of benzene rings is 2. The SMILES string of the molecule is C=CCn1c(=O)c2ccccc2n2c(SCCOc3ccc(OCCC)cc3)nnc12.